The number of ether oxygens (including phenoxy) is 2. The number of carbonyl (C=O) groups excluding carboxylic acids is 2. The fourth-order valence-corrected chi connectivity index (χ4v) is 4.65. The van der Waals surface area contributed by atoms with E-state index in [2.05, 4.69) is 27.9 Å². The van der Waals surface area contributed by atoms with Crippen molar-refractivity contribution in [3.63, 3.8) is 0 Å². The quantitative estimate of drug-likeness (QED) is 0.478. The van der Waals surface area contributed by atoms with E-state index in [1.165, 1.54) is 17.1 Å². The third kappa shape index (κ3) is 4.73. The van der Waals surface area contributed by atoms with Crippen LogP contribution >= 0.6 is 0 Å². The Hall–Kier alpha value is -4.18. The number of aliphatic carboxylic acids is 1. The van der Waals surface area contributed by atoms with E-state index in [9.17, 15) is 14.4 Å². The zero-order chi connectivity index (χ0) is 24.4. The summed E-state index contributed by atoms with van der Waals surface area (Å²) in [5.41, 5.74) is 4.92. The molecule has 0 spiro atoms. The maximum atomic E-state index is 12.4. The maximum absolute atomic E-state index is 12.4. The number of carboxylic acids is 1. The first-order chi connectivity index (χ1) is 17.0. The molecule has 1 fully saturated rings. The van der Waals surface area contributed by atoms with Crippen LogP contribution < -0.4 is 10.6 Å². The monoisotopic (exact) mass is 476 g/mol. The Kier molecular flexibility index (Phi) is 6.19. The minimum atomic E-state index is -1.11. The first-order valence-electron chi connectivity index (χ1n) is 11.3. The molecule has 1 saturated heterocycles. The van der Waals surface area contributed by atoms with Gasteiger partial charge in [-0.1, -0.05) is 48.5 Å². The van der Waals surface area contributed by atoms with Crippen LogP contribution in [0.4, 0.5) is 10.5 Å². The third-order valence-electron chi connectivity index (χ3n) is 6.21. The number of nitrogens with zero attached hydrogens (tertiary/aromatic N) is 2. The molecule has 1 aliphatic carbocycles. The fourth-order valence-electron chi connectivity index (χ4n) is 4.65. The lowest BCUT2D eigenvalue weighted by atomic mass is 9.98. The molecule has 3 N–H and O–H groups in total. The lowest BCUT2D eigenvalue weighted by molar-refractivity contribution is -0.148. The highest BCUT2D eigenvalue weighted by atomic mass is 16.5. The van der Waals surface area contributed by atoms with E-state index in [4.69, 9.17) is 14.6 Å². The topological polar surface area (TPSA) is 132 Å². The largest absolute Gasteiger partial charge is 0.479 e. The minimum absolute atomic E-state index is 0.0474. The molecule has 35 heavy (non-hydrogen) atoms. The van der Waals surface area contributed by atoms with Crippen molar-refractivity contribution < 1.29 is 29.0 Å². The number of nitrogens with one attached hydrogen (secondary N) is 2. The normalized spacial score (nSPS) is 18.5. The molecule has 1 aromatic heterocycles. The number of carboxylic acid groups (broad SMARTS) is 1. The molecule has 0 radical (unpaired) electrons. The van der Waals surface area contributed by atoms with Gasteiger partial charge in [0.2, 0.25) is 5.91 Å². The molecule has 2 aliphatic rings. The van der Waals surface area contributed by atoms with Crippen LogP contribution in [0.1, 0.15) is 23.5 Å². The molecular weight excluding hydrogens is 452 g/mol. The minimum Gasteiger partial charge on any atom is -0.479 e. The number of hydrogen-bond donors (Lipinski definition) is 3. The number of amides is 2. The highest BCUT2D eigenvalue weighted by Crippen LogP contribution is 2.44. The number of anilines is 1. The Morgan fingerprint density at radius 3 is 2.46 bits per heavy atom. The van der Waals surface area contributed by atoms with Gasteiger partial charge in [0.1, 0.15) is 13.2 Å². The average molecular weight is 476 g/mol. The maximum Gasteiger partial charge on any atom is 0.411 e. The predicted molar refractivity (Wildman–Crippen MR) is 125 cm³/mol. The van der Waals surface area contributed by atoms with E-state index in [1.807, 2.05) is 36.4 Å². The van der Waals surface area contributed by atoms with Gasteiger partial charge < -0.3 is 19.9 Å². The summed E-state index contributed by atoms with van der Waals surface area (Å²) >= 11 is 0. The van der Waals surface area contributed by atoms with Crippen molar-refractivity contribution in [3.05, 3.63) is 72.1 Å². The summed E-state index contributed by atoms with van der Waals surface area (Å²) in [6.45, 7) is 0.331. The molecule has 10 heteroatoms. The van der Waals surface area contributed by atoms with Crippen LogP contribution in [-0.2, 0) is 25.6 Å². The van der Waals surface area contributed by atoms with Crippen LogP contribution in [0.25, 0.3) is 11.1 Å². The molecule has 3 aromatic rings. The summed E-state index contributed by atoms with van der Waals surface area (Å²) in [5.74, 6) is -1.56. The molecule has 0 unspecified atom stereocenters. The van der Waals surface area contributed by atoms with Gasteiger partial charge in [0.25, 0.3) is 0 Å². The van der Waals surface area contributed by atoms with Gasteiger partial charge in [-0.2, -0.15) is 5.10 Å². The molecule has 180 valence electrons. The average Bonchev–Trinajstić information content (AvgIpc) is 3.56. The fraction of sp³-hybridized carbons (Fsp3) is 0.280. The van der Waals surface area contributed by atoms with E-state index in [-0.39, 0.29) is 25.7 Å². The Labute approximate surface area is 200 Å². The Bertz CT molecular complexity index is 1230. The van der Waals surface area contributed by atoms with Crippen LogP contribution in [0.5, 0.6) is 0 Å². The van der Waals surface area contributed by atoms with E-state index in [1.54, 1.807) is 0 Å². The van der Waals surface area contributed by atoms with E-state index >= 15 is 0 Å². The van der Waals surface area contributed by atoms with Crippen molar-refractivity contribution in [1.82, 2.24) is 15.1 Å². The molecule has 2 aromatic carbocycles. The first-order valence-corrected chi connectivity index (χ1v) is 11.3. The van der Waals surface area contributed by atoms with Gasteiger partial charge in [0.05, 0.1) is 17.9 Å². The van der Waals surface area contributed by atoms with Crippen molar-refractivity contribution in [2.75, 3.05) is 18.5 Å². The van der Waals surface area contributed by atoms with Crippen molar-refractivity contribution in [3.8, 4) is 11.1 Å². The van der Waals surface area contributed by atoms with E-state index < -0.39 is 30.1 Å². The van der Waals surface area contributed by atoms with Crippen molar-refractivity contribution >= 4 is 23.7 Å². The second-order valence-corrected chi connectivity index (χ2v) is 8.47. The molecule has 0 bridgehead atoms. The van der Waals surface area contributed by atoms with E-state index in [0.717, 1.165) is 22.3 Å². The lowest BCUT2D eigenvalue weighted by Gasteiger charge is -2.16. The molecule has 2 atom stereocenters. The van der Waals surface area contributed by atoms with Gasteiger partial charge in [-0.05, 0) is 28.7 Å². The summed E-state index contributed by atoms with van der Waals surface area (Å²) in [4.78, 5) is 35.9. The molecule has 5 rings (SSSR count). The summed E-state index contributed by atoms with van der Waals surface area (Å²) < 4.78 is 12.0. The molecule has 1 aliphatic heterocycles. The number of hydrogen-bond acceptors (Lipinski definition) is 6. The van der Waals surface area contributed by atoms with Crippen LogP contribution in [0, 0.1) is 0 Å². The standard InChI is InChI=1S/C25H24N4O6/c30-22(28-21-9-10-34-23(21)24(31)32)13-29-12-15(11-26-29)27-25(33)35-14-20-18-7-3-1-5-16(18)17-6-2-4-8-19(17)20/h1-8,11-12,20-21,23H,9-10,13-14H2,(H,27,33)(H,28,30)(H,31,32)/t21-,23+/m1/s1. The molecular formula is C25H24N4O6. The molecule has 2 amide bonds. The number of fused-ring (bicyclic) bond motifs is 3. The number of aromatic nitrogens is 2. The SMILES string of the molecule is O=C(Cn1cc(NC(=O)OCC2c3ccccc3-c3ccccc32)cn1)N[C@@H]1CCO[C@@H]1C(=O)O. The Morgan fingerprint density at radius 1 is 1.09 bits per heavy atom. The van der Waals surface area contributed by atoms with E-state index in [0.29, 0.717) is 12.1 Å². The zero-order valence-electron chi connectivity index (χ0n) is 18.7. The first kappa shape index (κ1) is 22.6. The van der Waals surface area contributed by atoms with Crippen LogP contribution in [0.2, 0.25) is 0 Å². The second-order valence-electron chi connectivity index (χ2n) is 8.47. The van der Waals surface area contributed by atoms with Gasteiger partial charge in [0, 0.05) is 18.7 Å². The Balaban J connectivity index is 1.15. The van der Waals surface area contributed by atoms with Crippen LogP contribution in [0.15, 0.2) is 60.9 Å². The number of rotatable bonds is 7. The molecule has 10 nitrogen and oxygen atoms in total. The van der Waals surface area contributed by atoms with Gasteiger partial charge in [-0.3, -0.25) is 14.8 Å². The predicted octanol–water partition coefficient (Wildman–Crippen LogP) is 2.60. The highest BCUT2D eigenvalue weighted by molar-refractivity contribution is 5.85. The van der Waals surface area contributed by atoms with Gasteiger partial charge in [0.15, 0.2) is 6.10 Å². The number of benzene rings is 2. The van der Waals surface area contributed by atoms with Crippen LogP contribution in [-0.4, -0.2) is 58.2 Å². The summed E-state index contributed by atoms with van der Waals surface area (Å²) in [6.07, 6.45) is 1.66. The van der Waals surface area contributed by atoms with Gasteiger partial charge in [-0.25, -0.2) is 9.59 Å². The van der Waals surface area contributed by atoms with Crippen molar-refractivity contribution in [2.24, 2.45) is 0 Å². The number of carbonyl (C=O) groups is 3. The van der Waals surface area contributed by atoms with Crippen LogP contribution in [0.3, 0.4) is 0 Å². The zero-order valence-corrected chi connectivity index (χ0v) is 18.7. The second kappa shape index (κ2) is 9.59. The third-order valence-corrected chi connectivity index (χ3v) is 6.21. The smallest absolute Gasteiger partial charge is 0.411 e. The highest BCUT2D eigenvalue weighted by Gasteiger charge is 2.35. The Morgan fingerprint density at radius 2 is 1.77 bits per heavy atom. The van der Waals surface area contributed by atoms with Gasteiger partial charge in [-0.15, -0.1) is 0 Å². The van der Waals surface area contributed by atoms with Crippen molar-refractivity contribution in [2.45, 2.75) is 31.0 Å². The summed E-state index contributed by atoms with van der Waals surface area (Å²) in [7, 11) is 0. The lowest BCUT2D eigenvalue weighted by Crippen LogP contribution is -2.45. The molecule has 0 saturated carbocycles. The summed E-state index contributed by atoms with van der Waals surface area (Å²) in [6, 6.07) is 15.6. The van der Waals surface area contributed by atoms with Gasteiger partial charge >= 0.3 is 12.1 Å². The summed E-state index contributed by atoms with van der Waals surface area (Å²) in [5, 5.41) is 18.5. The van der Waals surface area contributed by atoms with Crippen molar-refractivity contribution in [1.29, 1.82) is 0 Å². The molecule has 2 heterocycles.